The van der Waals surface area contributed by atoms with E-state index < -0.39 is 0 Å². The Bertz CT molecular complexity index is 375. The molecule has 0 atom stereocenters. The number of hydrogen-bond acceptors (Lipinski definition) is 2. The summed E-state index contributed by atoms with van der Waals surface area (Å²) in [6, 6.07) is 5.19. The third kappa shape index (κ3) is 3.14. The number of halogens is 1. The maximum Gasteiger partial charge on any atom is 0.415 e. The first-order valence-electron chi connectivity index (χ1n) is 5.31. The van der Waals surface area contributed by atoms with Gasteiger partial charge in [0.1, 0.15) is 5.75 Å². The van der Waals surface area contributed by atoms with Crippen molar-refractivity contribution in [1.29, 1.82) is 0 Å². The molecule has 0 aliphatic rings. The molecule has 0 N–H and O–H groups in total. The molecule has 0 radical (unpaired) electrons. The lowest BCUT2D eigenvalue weighted by Gasteiger charge is -2.18. The van der Waals surface area contributed by atoms with Gasteiger partial charge in [0, 0.05) is 18.1 Å². The maximum absolute atomic E-state index is 11.7. The van der Waals surface area contributed by atoms with Crippen molar-refractivity contribution in [1.82, 2.24) is 4.90 Å². The van der Waals surface area contributed by atoms with Gasteiger partial charge < -0.3 is 9.64 Å². The van der Waals surface area contributed by atoms with Gasteiger partial charge in [-0.25, -0.2) is 4.79 Å². The van der Waals surface area contributed by atoms with Crippen LogP contribution in [0.15, 0.2) is 18.2 Å². The fourth-order valence-corrected chi connectivity index (χ4v) is 1.59. The Morgan fingerprint density at radius 3 is 2.50 bits per heavy atom. The van der Waals surface area contributed by atoms with Gasteiger partial charge in [0.25, 0.3) is 0 Å². The van der Waals surface area contributed by atoms with Crippen LogP contribution in [0.5, 0.6) is 5.75 Å². The molecule has 3 nitrogen and oxygen atoms in total. The first-order chi connectivity index (χ1) is 7.58. The highest BCUT2D eigenvalue weighted by Crippen LogP contribution is 2.22. The van der Waals surface area contributed by atoms with Crippen LogP contribution in [0.1, 0.15) is 19.4 Å². The fourth-order valence-electron chi connectivity index (χ4n) is 1.37. The van der Waals surface area contributed by atoms with Crippen molar-refractivity contribution in [2.24, 2.45) is 0 Å². The lowest BCUT2D eigenvalue weighted by atomic mass is 10.2. The fraction of sp³-hybridized carbons (Fsp3) is 0.417. The van der Waals surface area contributed by atoms with Gasteiger partial charge in [-0.3, -0.25) is 0 Å². The second-order valence-electron chi connectivity index (χ2n) is 3.45. The summed E-state index contributed by atoms with van der Waals surface area (Å²) >= 11 is 5.82. The Morgan fingerprint density at radius 2 is 2.00 bits per heavy atom. The number of benzene rings is 1. The molecule has 1 amide bonds. The van der Waals surface area contributed by atoms with E-state index in [1.165, 1.54) is 0 Å². The summed E-state index contributed by atoms with van der Waals surface area (Å²) in [6.45, 7) is 6.97. The van der Waals surface area contributed by atoms with E-state index in [1.54, 1.807) is 23.1 Å². The smallest absolute Gasteiger partial charge is 0.410 e. The number of hydrogen-bond donors (Lipinski definition) is 0. The second-order valence-corrected chi connectivity index (χ2v) is 3.89. The number of amides is 1. The highest BCUT2D eigenvalue weighted by molar-refractivity contribution is 6.30. The molecule has 4 heteroatoms. The molecular formula is C12H16ClNO2. The summed E-state index contributed by atoms with van der Waals surface area (Å²) in [4.78, 5) is 13.3. The van der Waals surface area contributed by atoms with E-state index in [4.69, 9.17) is 16.3 Å². The highest BCUT2D eigenvalue weighted by Gasteiger charge is 2.13. The number of nitrogens with zero attached hydrogens (tertiary/aromatic N) is 1. The topological polar surface area (TPSA) is 29.5 Å². The van der Waals surface area contributed by atoms with E-state index in [0.717, 1.165) is 5.56 Å². The zero-order valence-electron chi connectivity index (χ0n) is 9.79. The van der Waals surface area contributed by atoms with Gasteiger partial charge >= 0.3 is 6.09 Å². The Hall–Kier alpha value is -1.22. The van der Waals surface area contributed by atoms with Crippen LogP contribution >= 0.6 is 11.6 Å². The Labute approximate surface area is 101 Å². The normalized spacial score (nSPS) is 10.0. The Kier molecular flexibility index (Phi) is 4.62. The molecule has 0 fully saturated rings. The number of carbonyl (C=O) groups excluding carboxylic acids is 1. The summed E-state index contributed by atoms with van der Waals surface area (Å²) in [5.41, 5.74) is 0.855. The third-order valence-electron chi connectivity index (χ3n) is 2.36. The van der Waals surface area contributed by atoms with E-state index in [1.807, 2.05) is 20.8 Å². The Morgan fingerprint density at radius 1 is 1.38 bits per heavy atom. The van der Waals surface area contributed by atoms with Crippen LogP contribution in [0, 0.1) is 6.92 Å². The predicted octanol–water partition coefficient (Wildman–Crippen LogP) is 3.49. The summed E-state index contributed by atoms with van der Waals surface area (Å²) in [5, 5.41) is 0.639. The molecule has 0 aliphatic carbocycles. The molecule has 1 rings (SSSR count). The van der Waals surface area contributed by atoms with Gasteiger partial charge in [0.15, 0.2) is 0 Å². The molecular weight excluding hydrogens is 226 g/mol. The number of rotatable bonds is 3. The summed E-state index contributed by atoms with van der Waals surface area (Å²) in [5.74, 6) is 0.557. The largest absolute Gasteiger partial charge is 0.415 e. The number of aryl methyl sites for hydroxylation is 1. The van der Waals surface area contributed by atoms with Crippen molar-refractivity contribution in [3.05, 3.63) is 28.8 Å². The molecule has 0 bridgehead atoms. The first-order valence-corrected chi connectivity index (χ1v) is 5.69. The lowest BCUT2D eigenvalue weighted by Crippen LogP contribution is -2.33. The standard InChI is InChI=1S/C12H16ClNO2/c1-4-14(5-2)12(15)16-11-7-6-10(13)8-9(11)3/h6-8H,4-5H2,1-3H3. The SMILES string of the molecule is CCN(CC)C(=O)Oc1ccc(Cl)cc1C. The van der Waals surface area contributed by atoms with E-state index in [0.29, 0.717) is 23.9 Å². The van der Waals surface area contributed by atoms with Crippen molar-refractivity contribution in [3.63, 3.8) is 0 Å². The molecule has 0 unspecified atom stereocenters. The number of ether oxygens (including phenoxy) is 1. The zero-order chi connectivity index (χ0) is 12.1. The minimum atomic E-state index is -0.324. The number of carbonyl (C=O) groups is 1. The van der Waals surface area contributed by atoms with Gasteiger partial charge in [-0.15, -0.1) is 0 Å². The van der Waals surface area contributed by atoms with Crippen LogP contribution in [0.25, 0.3) is 0 Å². The summed E-state index contributed by atoms with van der Waals surface area (Å²) < 4.78 is 5.27. The van der Waals surface area contributed by atoms with Crippen molar-refractivity contribution in [2.75, 3.05) is 13.1 Å². The molecule has 0 saturated carbocycles. The molecule has 0 aromatic heterocycles. The van der Waals surface area contributed by atoms with E-state index in [2.05, 4.69) is 0 Å². The van der Waals surface area contributed by atoms with Crippen LogP contribution in [0.4, 0.5) is 4.79 Å². The molecule has 0 saturated heterocycles. The average molecular weight is 242 g/mol. The molecule has 0 aliphatic heterocycles. The third-order valence-corrected chi connectivity index (χ3v) is 2.59. The molecule has 0 heterocycles. The molecule has 1 aromatic rings. The minimum absolute atomic E-state index is 0.324. The molecule has 0 spiro atoms. The Balaban J connectivity index is 2.76. The van der Waals surface area contributed by atoms with E-state index in [-0.39, 0.29) is 6.09 Å². The van der Waals surface area contributed by atoms with Crippen LogP contribution in [0.2, 0.25) is 5.02 Å². The summed E-state index contributed by atoms with van der Waals surface area (Å²) in [7, 11) is 0. The van der Waals surface area contributed by atoms with Crippen molar-refractivity contribution >= 4 is 17.7 Å². The quantitative estimate of drug-likeness (QED) is 0.811. The monoisotopic (exact) mass is 241 g/mol. The van der Waals surface area contributed by atoms with Gasteiger partial charge in [0.05, 0.1) is 0 Å². The highest BCUT2D eigenvalue weighted by atomic mass is 35.5. The van der Waals surface area contributed by atoms with Gasteiger partial charge in [-0.05, 0) is 44.5 Å². The zero-order valence-corrected chi connectivity index (χ0v) is 10.5. The molecule has 1 aromatic carbocycles. The second kappa shape index (κ2) is 5.75. The summed E-state index contributed by atoms with van der Waals surface area (Å²) in [6.07, 6.45) is -0.324. The lowest BCUT2D eigenvalue weighted by molar-refractivity contribution is 0.157. The minimum Gasteiger partial charge on any atom is -0.410 e. The van der Waals surface area contributed by atoms with Crippen LogP contribution in [0.3, 0.4) is 0 Å². The van der Waals surface area contributed by atoms with Crippen molar-refractivity contribution in [2.45, 2.75) is 20.8 Å². The molecule has 16 heavy (non-hydrogen) atoms. The van der Waals surface area contributed by atoms with Crippen LogP contribution in [-0.4, -0.2) is 24.1 Å². The maximum atomic E-state index is 11.7. The van der Waals surface area contributed by atoms with E-state index >= 15 is 0 Å². The molecule has 88 valence electrons. The van der Waals surface area contributed by atoms with E-state index in [9.17, 15) is 4.79 Å². The van der Waals surface area contributed by atoms with Gasteiger partial charge in [-0.2, -0.15) is 0 Å². The van der Waals surface area contributed by atoms with Crippen molar-refractivity contribution in [3.8, 4) is 5.75 Å². The first kappa shape index (κ1) is 12.8. The van der Waals surface area contributed by atoms with Gasteiger partial charge in [-0.1, -0.05) is 11.6 Å². The average Bonchev–Trinajstić information content (AvgIpc) is 2.24. The van der Waals surface area contributed by atoms with Crippen molar-refractivity contribution < 1.29 is 9.53 Å². The van der Waals surface area contributed by atoms with Crippen LogP contribution in [-0.2, 0) is 0 Å². The predicted molar refractivity (Wildman–Crippen MR) is 65.1 cm³/mol. The van der Waals surface area contributed by atoms with Crippen LogP contribution < -0.4 is 4.74 Å². The van der Waals surface area contributed by atoms with Gasteiger partial charge in [0.2, 0.25) is 0 Å².